The number of aliphatic imine (C=N–C) groups is 1. The third-order valence-electron chi connectivity index (χ3n) is 4.08. The first-order valence-corrected chi connectivity index (χ1v) is 8.66. The molecule has 0 fully saturated rings. The highest BCUT2D eigenvalue weighted by atomic mass is 35.5. The Bertz CT molecular complexity index is 848. The average Bonchev–Trinajstić information content (AvgIpc) is 2.56. The summed E-state index contributed by atoms with van der Waals surface area (Å²) in [6, 6.07) is 9.39. The molecule has 0 aliphatic carbocycles. The minimum Gasteiger partial charge on any atom is -0.493 e. The molecule has 0 amide bonds. The minimum atomic E-state index is -0.231. The summed E-state index contributed by atoms with van der Waals surface area (Å²) in [5, 5.41) is 4.37. The van der Waals surface area contributed by atoms with Crippen LogP contribution in [0.15, 0.2) is 35.3 Å². The predicted octanol–water partition coefficient (Wildman–Crippen LogP) is 5.20. The molecule has 132 valence electrons. The van der Waals surface area contributed by atoms with Gasteiger partial charge < -0.3 is 14.8 Å². The second-order valence-corrected chi connectivity index (χ2v) is 7.38. The van der Waals surface area contributed by atoms with E-state index in [1.54, 1.807) is 26.4 Å². The highest BCUT2D eigenvalue weighted by Gasteiger charge is 2.28. The highest BCUT2D eigenvalue weighted by Crippen LogP contribution is 2.36. The van der Waals surface area contributed by atoms with Gasteiger partial charge in [-0.3, -0.25) is 4.99 Å². The van der Waals surface area contributed by atoms with Crippen LogP contribution in [0.4, 0.5) is 5.69 Å². The van der Waals surface area contributed by atoms with Crippen LogP contribution in [0.5, 0.6) is 11.5 Å². The van der Waals surface area contributed by atoms with Crippen LogP contribution in [-0.4, -0.2) is 25.6 Å². The van der Waals surface area contributed by atoms with Gasteiger partial charge in [-0.25, -0.2) is 0 Å². The van der Waals surface area contributed by atoms with Crippen molar-refractivity contribution in [3.63, 3.8) is 0 Å². The Morgan fingerprint density at radius 3 is 2.32 bits per heavy atom. The van der Waals surface area contributed by atoms with E-state index in [1.807, 2.05) is 18.2 Å². The second kappa shape index (κ2) is 6.77. The summed E-state index contributed by atoms with van der Waals surface area (Å²) in [7, 11) is 3.27. The van der Waals surface area contributed by atoms with E-state index in [2.05, 4.69) is 19.2 Å². The largest absolute Gasteiger partial charge is 0.493 e. The van der Waals surface area contributed by atoms with Crippen LogP contribution in [0.25, 0.3) is 0 Å². The lowest BCUT2D eigenvalue weighted by atomic mass is 9.88. The number of amidine groups is 1. The number of hydrogen-bond donors (Lipinski definition) is 1. The zero-order valence-corrected chi connectivity index (χ0v) is 16.1. The number of halogens is 2. The highest BCUT2D eigenvalue weighted by molar-refractivity contribution is 6.42. The molecule has 2 aromatic carbocycles. The summed E-state index contributed by atoms with van der Waals surface area (Å²) in [5.41, 5.74) is 2.74. The lowest BCUT2D eigenvalue weighted by Crippen LogP contribution is -2.32. The summed E-state index contributed by atoms with van der Waals surface area (Å²) in [6.45, 7) is 4.20. The van der Waals surface area contributed by atoms with Crippen LogP contribution >= 0.6 is 23.2 Å². The van der Waals surface area contributed by atoms with E-state index in [0.29, 0.717) is 21.5 Å². The lowest BCUT2D eigenvalue weighted by molar-refractivity contribution is 0.353. The standard InChI is InChI=1S/C19H20Cl2N2O2/c1-19(2)10-11-7-16(24-3)17(25-4)9-13(11)18(23-19)22-12-5-6-14(20)15(21)8-12/h5-9H,10H2,1-4H3,(H,22,23). The normalized spacial score (nSPS) is 15.2. The molecule has 0 saturated heterocycles. The maximum atomic E-state index is 6.13. The Kier molecular flexibility index (Phi) is 4.85. The van der Waals surface area contributed by atoms with E-state index >= 15 is 0 Å². The summed E-state index contributed by atoms with van der Waals surface area (Å²) in [5.74, 6) is 2.16. The Morgan fingerprint density at radius 1 is 1.00 bits per heavy atom. The monoisotopic (exact) mass is 378 g/mol. The molecule has 0 unspecified atom stereocenters. The van der Waals surface area contributed by atoms with Gasteiger partial charge in [-0.1, -0.05) is 23.2 Å². The third kappa shape index (κ3) is 3.70. The van der Waals surface area contributed by atoms with Crippen LogP contribution in [0.3, 0.4) is 0 Å². The molecule has 0 aromatic heterocycles. The van der Waals surface area contributed by atoms with E-state index in [-0.39, 0.29) is 5.54 Å². The molecule has 0 spiro atoms. The summed E-state index contributed by atoms with van der Waals surface area (Å²) < 4.78 is 10.9. The van der Waals surface area contributed by atoms with E-state index in [0.717, 1.165) is 29.1 Å². The van der Waals surface area contributed by atoms with Gasteiger partial charge in [-0.15, -0.1) is 0 Å². The smallest absolute Gasteiger partial charge is 0.161 e. The van der Waals surface area contributed by atoms with Gasteiger partial charge in [0.2, 0.25) is 0 Å². The van der Waals surface area contributed by atoms with Crippen molar-refractivity contribution in [1.29, 1.82) is 0 Å². The zero-order valence-electron chi connectivity index (χ0n) is 14.6. The number of nitrogens with one attached hydrogen (secondary N) is 1. The summed E-state index contributed by atoms with van der Waals surface area (Å²) in [6.07, 6.45) is 0.815. The van der Waals surface area contributed by atoms with Gasteiger partial charge in [0.05, 0.1) is 29.8 Å². The van der Waals surface area contributed by atoms with Gasteiger partial charge in [0.1, 0.15) is 5.84 Å². The number of benzene rings is 2. The maximum absolute atomic E-state index is 6.13. The molecule has 0 saturated carbocycles. The molecule has 1 aliphatic rings. The Morgan fingerprint density at radius 2 is 1.68 bits per heavy atom. The number of rotatable bonds is 3. The second-order valence-electron chi connectivity index (χ2n) is 6.57. The van der Waals surface area contributed by atoms with Crippen molar-refractivity contribution in [3.05, 3.63) is 51.5 Å². The number of methoxy groups -OCH3 is 2. The summed E-state index contributed by atoms with van der Waals surface area (Å²) in [4.78, 5) is 4.87. The van der Waals surface area contributed by atoms with E-state index in [9.17, 15) is 0 Å². The molecule has 1 aliphatic heterocycles. The summed E-state index contributed by atoms with van der Waals surface area (Å²) >= 11 is 12.1. The first-order chi connectivity index (χ1) is 11.8. The Labute approximate surface area is 157 Å². The first kappa shape index (κ1) is 17.9. The van der Waals surface area contributed by atoms with Crippen molar-refractivity contribution in [1.82, 2.24) is 0 Å². The average molecular weight is 379 g/mol. The van der Waals surface area contributed by atoms with Gasteiger partial charge in [0.25, 0.3) is 0 Å². The number of anilines is 1. The van der Waals surface area contributed by atoms with Crippen molar-refractivity contribution >= 4 is 34.7 Å². The van der Waals surface area contributed by atoms with E-state index in [1.165, 1.54) is 0 Å². The van der Waals surface area contributed by atoms with Crippen molar-refractivity contribution in [3.8, 4) is 11.5 Å². The number of ether oxygens (including phenoxy) is 2. The fraction of sp³-hybridized carbons (Fsp3) is 0.316. The van der Waals surface area contributed by atoms with Crippen molar-refractivity contribution in [2.45, 2.75) is 25.8 Å². The molecule has 1 N–H and O–H groups in total. The Balaban J connectivity index is 2.06. The molecular formula is C19H20Cl2N2O2. The molecule has 4 nitrogen and oxygen atoms in total. The van der Waals surface area contributed by atoms with Crippen molar-refractivity contribution in [2.75, 3.05) is 19.5 Å². The molecule has 0 radical (unpaired) electrons. The molecule has 0 atom stereocenters. The Hall–Kier alpha value is -1.91. The number of hydrogen-bond acceptors (Lipinski definition) is 4. The molecule has 2 aromatic rings. The zero-order chi connectivity index (χ0) is 18.2. The lowest BCUT2D eigenvalue weighted by Gasteiger charge is -2.30. The van der Waals surface area contributed by atoms with Gasteiger partial charge in [-0.05, 0) is 56.2 Å². The van der Waals surface area contributed by atoms with Crippen molar-refractivity contribution < 1.29 is 9.47 Å². The molecular weight excluding hydrogens is 359 g/mol. The number of nitrogens with zero attached hydrogens (tertiary/aromatic N) is 1. The molecule has 3 rings (SSSR count). The van der Waals surface area contributed by atoms with Crippen molar-refractivity contribution in [2.24, 2.45) is 4.99 Å². The molecule has 0 bridgehead atoms. The molecule has 6 heteroatoms. The first-order valence-electron chi connectivity index (χ1n) is 7.90. The quantitative estimate of drug-likeness (QED) is 0.797. The van der Waals surface area contributed by atoms with Gasteiger partial charge in [0, 0.05) is 11.3 Å². The van der Waals surface area contributed by atoms with E-state index in [4.69, 9.17) is 37.7 Å². The van der Waals surface area contributed by atoms with Crippen LogP contribution in [0, 0.1) is 0 Å². The van der Waals surface area contributed by atoms with Gasteiger partial charge >= 0.3 is 0 Å². The minimum absolute atomic E-state index is 0.231. The maximum Gasteiger partial charge on any atom is 0.161 e. The molecule has 1 heterocycles. The molecule has 25 heavy (non-hydrogen) atoms. The van der Waals surface area contributed by atoms with Crippen LogP contribution < -0.4 is 14.8 Å². The van der Waals surface area contributed by atoms with E-state index < -0.39 is 0 Å². The van der Waals surface area contributed by atoms with Gasteiger partial charge in [0.15, 0.2) is 11.5 Å². The topological polar surface area (TPSA) is 42.9 Å². The predicted molar refractivity (Wildman–Crippen MR) is 104 cm³/mol. The SMILES string of the molecule is COc1cc2c(cc1OC)C(Nc1ccc(Cl)c(Cl)c1)=NC(C)(C)C2. The number of fused-ring (bicyclic) bond motifs is 1. The van der Waals surface area contributed by atoms with Crippen LogP contribution in [-0.2, 0) is 6.42 Å². The fourth-order valence-corrected chi connectivity index (χ4v) is 3.26. The van der Waals surface area contributed by atoms with Gasteiger partial charge in [-0.2, -0.15) is 0 Å². The van der Waals surface area contributed by atoms with Crippen LogP contribution in [0.1, 0.15) is 25.0 Å². The fourth-order valence-electron chi connectivity index (χ4n) is 2.96. The third-order valence-corrected chi connectivity index (χ3v) is 4.82. The van der Waals surface area contributed by atoms with Crippen LogP contribution in [0.2, 0.25) is 10.0 Å².